The van der Waals surface area contributed by atoms with Crippen LogP contribution in [-0.2, 0) is 11.2 Å². The van der Waals surface area contributed by atoms with Gasteiger partial charge in [-0.2, -0.15) is 0 Å². The molecule has 0 aliphatic carbocycles. The number of carbonyl (C=O) groups excluding carboxylic acids is 1. The minimum absolute atomic E-state index is 0.113. The van der Waals surface area contributed by atoms with E-state index in [9.17, 15) is 4.79 Å². The Balaban J connectivity index is 2.60. The van der Waals surface area contributed by atoms with E-state index in [0.29, 0.717) is 17.1 Å². The number of hydrazine groups is 1. The smallest absolute Gasteiger partial charge is 0.245 e. The van der Waals surface area contributed by atoms with Crippen molar-refractivity contribution in [2.45, 2.75) is 6.42 Å². The summed E-state index contributed by atoms with van der Waals surface area (Å²) in [6.07, 6.45) is 0.311. The Bertz CT molecular complexity index is 351. The second-order valence-electron chi connectivity index (χ2n) is 2.68. The van der Waals surface area contributed by atoms with E-state index >= 15 is 0 Å². The molecule has 1 aromatic rings. The molecule has 2 N–H and O–H groups in total. The Morgan fingerprint density at radius 2 is 2.25 bits per heavy atom. The summed E-state index contributed by atoms with van der Waals surface area (Å²) in [7, 11) is 0. The van der Waals surface area contributed by atoms with Gasteiger partial charge >= 0.3 is 0 Å². The summed E-state index contributed by atoms with van der Waals surface area (Å²) >= 11 is 5.87. The van der Waals surface area contributed by atoms with Gasteiger partial charge in [-0.15, -0.1) is 0 Å². The van der Waals surface area contributed by atoms with Crippen molar-refractivity contribution in [1.29, 1.82) is 0 Å². The number of benzene rings is 1. The monoisotopic (exact) mass is 182 g/mol. The van der Waals surface area contributed by atoms with E-state index in [-0.39, 0.29) is 5.91 Å². The zero-order valence-electron chi connectivity index (χ0n) is 6.25. The zero-order chi connectivity index (χ0) is 8.72. The SMILES string of the molecule is NN1C(=O)Cc2c(Cl)cccc21. The van der Waals surface area contributed by atoms with Crippen LogP contribution in [0.15, 0.2) is 18.2 Å². The summed E-state index contributed by atoms with van der Waals surface area (Å²) in [5, 5.41) is 1.75. The number of halogens is 1. The molecule has 1 amide bonds. The molecule has 0 aromatic heterocycles. The van der Waals surface area contributed by atoms with Crippen molar-refractivity contribution in [2.75, 3.05) is 5.01 Å². The lowest BCUT2D eigenvalue weighted by Gasteiger charge is -2.08. The van der Waals surface area contributed by atoms with Crippen molar-refractivity contribution >= 4 is 23.2 Å². The van der Waals surface area contributed by atoms with E-state index in [1.807, 2.05) is 0 Å². The number of hydrogen-bond donors (Lipinski definition) is 1. The molecule has 4 heteroatoms. The van der Waals surface area contributed by atoms with Crippen LogP contribution in [0.3, 0.4) is 0 Å². The van der Waals surface area contributed by atoms with Crippen molar-refractivity contribution in [2.24, 2.45) is 5.84 Å². The molecule has 0 saturated heterocycles. The van der Waals surface area contributed by atoms with E-state index in [0.717, 1.165) is 10.6 Å². The van der Waals surface area contributed by atoms with Gasteiger partial charge in [0.05, 0.1) is 12.1 Å². The molecule has 1 aromatic carbocycles. The van der Waals surface area contributed by atoms with Crippen LogP contribution in [0.5, 0.6) is 0 Å². The Morgan fingerprint density at radius 1 is 1.50 bits per heavy atom. The fraction of sp³-hybridized carbons (Fsp3) is 0.125. The quantitative estimate of drug-likeness (QED) is 0.483. The molecule has 0 atom stereocenters. The lowest BCUT2D eigenvalue weighted by atomic mass is 10.2. The Labute approximate surface area is 74.7 Å². The van der Waals surface area contributed by atoms with Gasteiger partial charge in [-0.1, -0.05) is 17.7 Å². The van der Waals surface area contributed by atoms with Gasteiger partial charge in [0.1, 0.15) is 0 Å². The maximum Gasteiger partial charge on any atom is 0.245 e. The molecule has 3 nitrogen and oxygen atoms in total. The van der Waals surface area contributed by atoms with Gasteiger partial charge < -0.3 is 0 Å². The van der Waals surface area contributed by atoms with E-state index in [1.54, 1.807) is 18.2 Å². The first-order valence-corrected chi connectivity index (χ1v) is 3.93. The second kappa shape index (κ2) is 2.47. The molecule has 12 heavy (non-hydrogen) atoms. The molecule has 0 bridgehead atoms. The van der Waals surface area contributed by atoms with Crippen LogP contribution in [0.25, 0.3) is 0 Å². The third-order valence-electron chi connectivity index (χ3n) is 1.95. The third-order valence-corrected chi connectivity index (χ3v) is 2.30. The van der Waals surface area contributed by atoms with Crippen LogP contribution in [-0.4, -0.2) is 5.91 Å². The average Bonchev–Trinajstić information content (AvgIpc) is 2.32. The molecule has 0 spiro atoms. The maximum absolute atomic E-state index is 11.1. The largest absolute Gasteiger partial charge is 0.273 e. The summed E-state index contributed by atoms with van der Waals surface area (Å²) in [5.74, 6) is 5.37. The van der Waals surface area contributed by atoms with E-state index < -0.39 is 0 Å². The molecule has 1 aliphatic rings. The number of carbonyl (C=O) groups is 1. The molecule has 0 saturated carbocycles. The van der Waals surface area contributed by atoms with Crippen LogP contribution in [0, 0.1) is 0 Å². The summed E-state index contributed by atoms with van der Waals surface area (Å²) in [6.45, 7) is 0. The molecule has 1 heterocycles. The van der Waals surface area contributed by atoms with Gasteiger partial charge in [0, 0.05) is 10.6 Å². The second-order valence-corrected chi connectivity index (χ2v) is 3.09. The van der Waals surface area contributed by atoms with Gasteiger partial charge in [0.15, 0.2) is 0 Å². The highest BCUT2D eigenvalue weighted by Crippen LogP contribution is 2.31. The Hall–Kier alpha value is -1.06. The molecular formula is C8H7ClN2O. The number of anilines is 1. The number of amides is 1. The van der Waals surface area contributed by atoms with Crippen molar-refractivity contribution < 1.29 is 4.79 Å². The van der Waals surface area contributed by atoms with Crippen LogP contribution < -0.4 is 10.9 Å². The highest BCUT2D eigenvalue weighted by molar-refractivity contribution is 6.32. The highest BCUT2D eigenvalue weighted by Gasteiger charge is 2.26. The van der Waals surface area contributed by atoms with Crippen LogP contribution in [0.4, 0.5) is 5.69 Å². The minimum Gasteiger partial charge on any atom is -0.273 e. The topological polar surface area (TPSA) is 46.3 Å². The van der Waals surface area contributed by atoms with Crippen molar-refractivity contribution in [3.05, 3.63) is 28.8 Å². The third kappa shape index (κ3) is 0.906. The number of hydrogen-bond acceptors (Lipinski definition) is 2. The van der Waals surface area contributed by atoms with E-state index in [4.69, 9.17) is 17.4 Å². The molecule has 0 fully saturated rings. The van der Waals surface area contributed by atoms with E-state index in [2.05, 4.69) is 0 Å². The average molecular weight is 183 g/mol. The first-order chi connectivity index (χ1) is 5.70. The molecule has 0 radical (unpaired) electrons. The van der Waals surface area contributed by atoms with Crippen LogP contribution in [0.1, 0.15) is 5.56 Å². The normalized spacial score (nSPS) is 15.2. The van der Waals surface area contributed by atoms with Gasteiger partial charge in [0.25, 0.3) is 0 Å². The fourth-order valence-corrected chi connectivity index (χ4v) is 1.56. The molecular weight excluding hydrogens is 176 g/mol. The Morgan fingerprint density at radius 3 is 2.92 bits per heavy atom. The maximum atomic E-state index is 11.1. The van der Waals surface area contributed by atoms with Crippen LogP contribution >= 0.6 is 11.6 Å². The lowest BCUT2D eigenvalue weighted by molar-refractivity contribution is -0.117. The lowest BCUT2D eigenvalue weighted by Crippen LogP contribution is -2.33. The number of nitrogens with zero attached hydrogens (tertiary/aromatic N) is 1. The predicted octanol–water partition coefficient (Wildman–Crippen LogP) is 1.10. The number of fused-ring (bicyclic) bond motifs is 1. The molecule has 62 valence electrons. The predicted molar refractivity (Wildman–Crippen MR) is 46.8 cm³/mol. The van der Waals surface area contributed by atoms with Crippen molar-refractivity contribution in [1.82, 2.24) is 0 Å². The van der Waals surface area contributed by atoms with Crippen molar-refractivity contribution in [3.8, 4) is 0 Å². The van der Waals surface area contributed by atoms with E-state index in [1.165, 1.54) is 0 Å². The summed E-state index contributed by atoms with van der Waals surface area (Å²) in [5.41, 5.74) is 1.54. The highest BCUT2D eigenvalue weighted by atomic mass is 35.5. The van der Waals surface area contributed by atoms with Gasteiger partial charge in [-0.05, 0) is 12.1 Å². The van der Waals surface area contributed by atoms with Gasteiger partial charge in [-0.25, -0.2) is 10.9 Å². The van der Waals surface area contributed by atoms with Crippen molar-refractivity contribution in [3.63, 3.8) is 0 Å². The minimum atomic E-state index is -0.113. The summed E-state index contributed by atoms with van der Waals surface area (Å²) in [6, 6.07) is 5.32. The first-order valence-electron chi connectivity index (χ1n) is 3.55. The number of rotatable bonds is 0. The standard InChI is InChI=1S/C8H7ClN2O/c9-6-2-1-3-7-5(6)4-8(12)11(7)10/h1-3H,4,10H2. The zero-order valence-corrected chi connectivity index (χ0v) is 7.01. The van der Waals surface area contributed by atoms with Crippen LogP contribution in [0.2, 0.25) is 5.02 Å². The summed E-state index contributed by atoms with van der Waals surface area (Å²) in [4.78, 5) is 11.1. The molecule has 0 unspecified atom stereocenters. The first kappa shape index (κ1) is 7.58. The summed E-state index contributed by atoms with van der Waals surface area (Å²) < 4.78 is 0. The molecule has 2 rings (SSSR count). The van der Waals surface area contributed by atoms with Gasteiger partial charge in [0.2, 0.25) is 5.91 Å². The fourth-order valence-electron chi connectivity index (χ4n) is 1.32. The molecule has 1 aliphatic heterocycles. The Kier molecular flexibility index (Phi) is 1.56. The number of nitrogens with two attached hydrogens (primary N) is 1. The van der Waals surface area contributed by atoms with Gasteiger partial charge in [-0.3, -0.25) is 4.79 Å².